The fraction of sp³-hybridized carbons (Fsp3) is 0.714. The molecule has 0 aromatic carbocycles. The van der Waals surface area contributed by atoms with Crippen molar-refractivity contribution in [3.05, 3.63) is 22.4 Å². The molecule has 0 radical (unpaired) electrons. The lowest BCUT2D eigenvalue weighted by Gasteiger charge is -2.59. The third-order valence-corrected chi connectivity index (χ3v) is 7.68. The second-order valence-corrected chi connectivity index (χ2v) is 9.64. The molecule has 0 spiro atoms. The van der Waals surface area contributed by atoms with Gasteiger partial charge in [-0.1, -0.05) is 0 Å². The zero-order valence-corrected chi connectivity index (χ0v) is 16.4. The molecule has 1 N–H and O–H groups in total. The molecule has 0 saturated heterocycles. The van der Waals surface area contributed by atoms with Gasteiger partial charge < -0.3 is 10.1 Å². The normalized spacial score (nSPS) is 33.0. The van der Waals surface area contributed by atoms with E-state index in [2.05, 4.69) is 12.2 Å². The van der Waals surface area contributed by atoms with Crippen LogP contribution in [-0.4, -0.2) is 24.5 Å². The molecule has 1 atom stereocenters. The average molecular weight is 376 g/mol. The molecule has 1 aromatic heterocycles. The highest BCUT2D eigenvalue weighted by Gasteiger charge is 2.53. The van der Waals surface area contributed by atoms with Crippen molar-refractivity contribution >= 4 is 23.2 Å². The maximum atomic E-state index is 12.3. The first-order valence-corrected chi connectivity index (χ1v) is 10.9. The molecule has 1 aromatic rings. The fourth-order valence-electron chi connectivity index (χ4n) is 6.04. The summed E-state index contributed by atoms with van der Waals surface area (Å²) in [5.74, 6) is 2.16. The summed E-state index contributed by atoms with van der Waals surface area (Å²) >= 11 is 1.62. The molecule has 4 bridgehead atoms. The van der Waals surface area contributed by atoms with E-state index >= 15 is 0 Å². The van der Waals surface area contributed by atoms with Crippen LogP contribution in [0.4, 0.5) is 0 Å². The van der Waals surface area contributed by atoms with Crippen molar-refractivity contribution in [2.45, 2.75) is 64.3 Å². The highest BCUT2D eigenvalue weighted by Crippen LogP contribution is 2.61. The van der Waals surface area contributed by atoms with E-state index in [9.17, 15) is 9.59 Å². The van der Waals surface area contributed by atoms with Crippen molar-refractivity contribution in [3.63, 3.8) is 0 Å². The Morgan fingerprint density at radius 3 is 2.46 bits per heavy atom. The number of ether oxygens (including phenoxy) is 1. The molecule has 1 amide bonds. The molecular formula is C21H29NO3S. The Hall–Kier alpha value is -1.36. The summed E-state index contributed by atoms with van der Waals surface area (Å²) in [5.41, 5.74) is 1.43. The number of carbonyl (C=O) groups is 2. The number of hydrogen-bond donors (Lipinski definition) is 1. The van der Waals surface area contributed by atoms with E-state index in [1.807, 2.05) is 16.8 Å². The van der Waals surface area contributed by atoms with Gasteiger partial charge in [0, 0.05) is 12.5 Å². The Morgan fingerprint density at radius 1 is 1.23 bits per heavy atom. The summed E-state index contributed by atoms with van der Waals surface area (Å²) in [6.45, 7) is 2.00. The van der Waals surface area contributed by atoms with Gasteiger partial charge in [0.2, 0.25) is 0 Å². The Balaban J connectivity index is 1.22. The lowest BCUT2D eigenvalue weighted by Crippen LogP contribution is -2.56. The molecule has 0 unspecified atom stereocenters. The van der Waals surface area contributed by atoms with Crippen molar-refractivity contribution < 1.29 is 14.3 Å². The Morgan fingerprint density at radius 2 is 1.88 bits per heavy atom. The molecule has 4 fully saturated rings. The lowest BCUT2D eigenvalue weighted by molar-refractivity contribution is -0.149. The fourth-order valence-corrected chi connectivity index (χ4v) is 6.75. The van der Waals surface area contributed by atoms with Gasteiger partial charge in [0.25, 0.3) is 5.91 Å². The van der Waals surface area contributed by atoms with Gasteiger partial charge in [0.05, 0.1) is 0 Å². The summed E-state index contributed by atoms with van der Waals surface area (Å²) in [5, 5.41) is 7.18. The van der Waals surface area contributed by atoms with Gasteiger partial charge in [-0.25, -0.2) is 0 Å². The van der Waals surface area contributed by atoms with Crippen molar-refractivity contribution in [1.29, 1.82) is 0 Å². The van der Waals surface area contributed by atoms with E-state index in [1.165, 1.54) is 38.5 Å². The topological polar surface area (TPSA) is 55.4 Å². The standard InChI is InChI=1S/C21H29NO3S/c1-14(21-9-16-6-17(10-21)8-18(7-16)11-21)22-19(23)12-25-20(24)3-2-15-4-5-26-13-15/h4-5,13-14,16-18H,2-3,6-12H2,1H3,(H,22,23)/t14-,16?,17?,18?,21?/m0/s1. The molecule has 5 rings (SSSR count). The van der Waals surface area contributed by atoms with E-state index in [0.717, 1.165) is 23.3 Å². The van der Waals surface area contributed by atoms with Crippen LogP contribution in [0.2, 0.25) is 0 Å². The van der Waals surface area contributed by atoms with E-state index < -0.39 is 0 Å². The smallest absolute Gasteiger partial charge is 0.306 e. The molecule has 4 saturated carbocycles. The van der Waals surface area contributed by atoms with Gasteiger partial charge in [0.1, 0.15) is 0 Å². The summed E-state index contributed by atoms with van der Waals surface area (Å²) in [6.07, 6.45) is 9.01. The van der Waals surface area contributed by atoms with Crippen LogP contribution in [0.25, 0.3) is 0 Å². The predicted octanol–water partition coefficient (Wildman–Crippen LogP) is 3.95. The van der Waals surface area contributed by atoms with Crippen LogP contribution in [-0.2, 0) is 20.7 Å². The molecule has 4 nitrogen and oxygen atoms in total. The van der Waals surface area contributed by atoms with Gasteiger partial charge in [-0.05, 0) is 97.4 Å². The number of aryl methyl sites for hydroxylation is 1. The van der Waals surface area contributed by atoms with Gasteiger partial charge in [-0.2, -0.15) is 11.3 Å². The van der Waals surface area contributed by atoms with Crippen molar-refractivity contribution in [2.24, 2.45) is 23.2 Å². The number of esters is 1. The predicted molar refractivity (Wildman–Crippen MR) is 102 cm³/mol. The van der Waals surface area contributed by atoms with E-state index in [1.54, 1.807) is 11.3 Å². The van der Waals surface area contributed by atoms with Crippen molar-refractivity contribution in [3.8, 4) is 0 Å². The number of nitrogens with one attached hydrogen (secondary N) is 1. The van der Waals surface area contributed by atoms with Gasteiger partial charge in [-0.3, -0.25) is 9.59 Å². The first kappa shape index (κ1) is 18.0. The van der Waals surface area contributed by atoms with Crippen LogP contribution in [0.15, 0.2) is 16.8 Å². The van der Waals surface area contributed by atoms with Gasteiger partial charge in [-0.15, -0.1) is 0 Å². The van der Waals surface area contributed by atoms with Gasteiger partial charge >= 0.3 is 5.97 Å². The molecule has 26 heavy (non-hydrogen) atoms. The average Bonchev–Trinajstić information content (AvgIpc) is 3.10. The molecule has 1 heterocycles. The maximum Gasteiger partial charge on any atom is 0.306 e. The first-order valence-electron chi connectivity index (χ1n) is 9.98. The van der Waals surface area contributed by atoms with Crippen LogP contribution < -0.4 is 5.32 Å². The largest absolute Gasteiger partial charge is 0.456 e. The lowest BCUT2D eigenvalue weighted by atomic mass is 9.48. The van der Waals surface area contributed by atoms with Gasteiger partial charge in [0.15, 0.2) is 6.61 Å². The number of hydrogen-bond acceptors (Lipinski definition) is 4. The number of amides is 1. The Kier molecular flexibility index (Phi) is 5.09. The Labute approximate surface area is 159 Å². The van der Waals surface area contributed by atoms with E-state index in [-0.39, 0.29) is 29.9 Å². The molecule has 0 aliphatic heterocycles. The van der Waals surface area contributed by atoms with Crippen LogP contribution in [0.3, 0.4) is 0 Å². The maximum absolute atomic E-state index is 12.3. The monoisotopic (exact) mass is 375 g/mol. The zero-order valence-electron chi connectivity index (χ0n) is 15.5. The second kappa shape index (κ2) is 7.34. The summed E-state index contributed by atoms with van der Waals surface area (Å²) in [7, 11) is 0. The third-order valence-electron chi connectivity index (χ3n) is 6.94. The third kappa shape index (κ3) is 3.83. The molecule has 4 aliphatic carbocycles. The van der Waals surface area contributed by atoms with Crippen LogP contribution in [0.5, 0.6) is 0 Å². The Bertz CT molecular complexity index is 619. The molecule has 5 heteroatoms. The number of thiophene rings is 1. The van der Waals surface area contributed by atoms with Crippen LogP contribution in [0.1, 0.15) is 57.4 Å². The van der Waals surface area contributed by atoms with Crippen LogP contribution >= 0.6 is 11.3 Å². The quantitative estimate of drug-likeness (QED) is 0.734. The minimum absolute atomic E-state index is 0.154. The second-order valence-electron chi connectivity index (χ2n) is 8.86. The number of rotatable bonds is 7. The minimum atomic E-state index is -0.297. The highest BCUT2D eigenvalue weighted by atomic mass is 32.1. The zero-order chi connectivity index (χ0) is 18.1. The summed E-state index contributed by atoms with van der Waals surface area (Å²) in [4.78, 5) is 24.1. The van der Waals surface area contributed by atoms with E-state index in [4.69, 9.17) is 4.74 Å². The van der Waals surface area contributed by atoms with Crippen LogP contribution in [0, 0.1) is 23.2 Å². The number of carbonyl (C=O) groups excluding carboxylic acids is 2. The SMILES string of the molecule is C[C@H](NC(=O)COC(=O)CCc1ccsc1)C12CC3CC(CC(C3)C1)C2. The molecule has 4 aliphatic rings. The van der Waals surface area contributed by atoms with Crippen molar-refractivity contribution in [2.75, 3.05) is 6.61 Å². The van der Waals surface area contributed by atoms with E-state index in [0.29, 0.717) is 12.8 Å². The van der Waals surface area contributed by atoms with Crippen molar-refractivity contribution in [1.82, 2.24) is 5.32 Å². The minimum Gasteiger partial charge on any atom is -0.456 e. The first-order chi connectivity index (χ1) is 12.5. The molecule has 142 valence electrons. The summed E-state index contributed by atoms with van der Waals surface area (Å²) in [6, 6.07) is 2.19. The molecular weight excluding hydrogens is 346 g/mol. The highest BCUT2D eigenvalue weighted by molar-refractivity contribution is 7.07. The summed E-state index contributed by atoms with van der Waals surface area (Å²) < 4.78 is 5.17.